The van der Waals surface area contributed by atoms with E-state index in [1.807, 2.05) is 39.0 Å². The fourth-order valence-corrected chi connectivity index (χ4v) is 6.08. The van der Waals surface area contributed by atoms with E-state index in [1.165, 1.54) is 26.2 Å². The highest BCUT2D eigenvalue weighted by Crippen LogP contribution is 2.49. The van der Waals surface area contributed by atoms with Gasteiger partial charge in [0, 0.05) is 33.6 Å². The van der Waals surface area contributed by atoms with Crippen molar-refractivity contribution in [3.05, 3.63) is 46.5 Å². The number of methoxy groups -OCH3 is 3. The Morgan fingerprint density at radius 1 is 1.20 bits per heavy atom. The quantitative estimate of drug-likeness (QED) is 0.520. The lowest BCUT2D eigenvalue weighted by molar-refractivity contribution is -0.142. The van der Waals surface area contributed by atoms with Crippen molar-refractivity contribution in [3.63, 3.8) is 0 Å². The van der Waals surface area contributed by atoms with Gasteiger partial charge in [0.25, 0.3) is 0 Å². The summed E-state index contributed by atoms with van der Waals surface area (Å²) in [5.74, 6) is -0.0636. The van der Waals surface area contributed by atoms with Gasteiger partial charge in [0.05, 0.1) is 31.4 Å². The van der Waals surface area contributed by atoms with Crippen LogP contribution in [0, 0.1) is 5.92 Å². The van der Waals surface area contributed by atoms with Gasteiger partial charge in [0.15, 0.2) is 5.72 Å². The highest BCUT2D eigenvalue weighted by molar-refractivity contribution is 6.35. The molecule has 2 fully saturated rings. The van der Waals surface area contributed by atoms with Gasteiger partial charge in [-0.3, -0.25) is 10.1 Å². The van der Waals surface area contributed by atoms with E-state index >= 15 is 0 Å². The molecule has 0 aliphatic carbocycles. The number of hydrogen-bond acceptors (Lipinski definition) is 8. The van der Waals surface area contributed by atoms with Crippen molar-refractivity contribution in [2.45, 2.75) is 75.8 Å². The minimum absolute atomic E-state index is 0.0279. The lowest BCUT2D eigenvalue weighted by Crippen LogP contribution is -2.63. The van der Waals surface area contributed by atoms with Crippen molar-refractivity contribution in [2.75, 3.05) is 33.3 Å². The molecule has 3 aliphatic rings. The van der Waals surface area contributed by atoms with Crippen molar-refractivity contribution >= 4 is 29.3 Å². The monoisotopic (exact) mass is 578 g/mol. The Bertz CT molecular complexity index is 1200. The van der Waals surface area contributed by atoms with Crippen molar-refractivity contribution in [1.82, 2.24) is 5.32 Å². The number of epoxide rings is 1. The summed E-state index contributed by atoms with van der Waals surface area (Å²) in [6, 6.07) is 3.71. The van der Waals surface area contributed by atoms with Crippen molar-refractivity contribution in [1.29, 1.82) is 0 Å². The number of halogens is 1. The molecule has 1 aromatic carbocycles. The Kier molecular flexibility index (Phi) is 8.87. The third-order valence-electron chi connectivity index (χ3n) is 8.24. The largest absolute Gasteiger partial charge is 0.495 e. The van der Waals surface area contributed by atoms with Crippen LogP contribution in [0.15, 0.2) is 35.9 Å². The topological polar surface area (TPSA) is 119 Å². The average Bonchev–Trinajstić information content (AvgIpc) is 3.60. The molecule has 7 atom stereocenters. The van der Waals surface area contributed by atoms with Crippen molar-refractivity contribution < 1.29 is 38.4 Å². The zero-order valence-corrected chi connectivity index (χ0v) is 24.8. The van der Waals surface area contributed by atoms with Crippen LogP contribution >= 0.6 is 11.6 Å². The van der Waals surface area contributed by atoms with Crippen LogP contribution in [0.5, 0.6) is 5.75 Å². The van der Waals surface area contributed by atoms with Gasteiger partial charge in [-0.1, -0.05) is 42.3 Å². The zero-order valence-electron chi connectivity index (χ0n) is 24.0. The molecule has 0 radical (unpaired) electrons. The molecule has 0 unspecified atom stereocenters. The van der Waals surface area contributed by atoms with E-state index in [1.54, 1.807) is 19.2 Å². The number of nitrogens with one attached hydrogen (secondary N) is 1. The summed E-state index contributed by atoms with van der Waals surface area (Å²) >= 11 is 6.64. The minimum atomic E-state index is -1.70. The highest BCUT2D eigenvalue weighted by Gasteiger charge is 2.63. The summed E-state index contributed by atoms with van der Waals surface area (Å²) < 4.78 is 28.6. The van der Waals surface area contributed by atoms with Crippen LogP contribution in [0.25, 0.3) is 0 Å². The second kappa shape index (κ2) is 11.7. The molecular weight excluding hydrogens is 540 g/mol. The molecule has 2 N–H and O–H groups in total. The molecule has 3 heterocycles. The molecule has 0 aromatic heterocycles. The third-order valence-corrected chi connectivity index (χ3v) is 8.62. The molecule has 0 spiro atoms. The van der Waals surface area contributed by atoms with Crippen LogP contribution in [-0.4, -0.2) is 81.2 Å². The number of alkyl carbamates (subject to hydrolysis) is 1. The van der Waals surface area contributed by atoms with Crippen LogP contribution in [0.3, 0.4) is 0 Å². The predicted octanol–water partition coefficient (Wildman–Crippen LogP) is 3.77. The minimum Gasteiger partial charge on any atom is -0.495 e. The Morgan fingerprint density at radius 3 is 2.58 bits per heavy atom. The number of carbonyl (C=O) groups is 2. The molecule has 4 bridgehead atoms. The maximum atomic E-state index is 13.5. The second-order valence-corrected chi connectivity index (χ2v) is 11.4. The zero-order chi connectivity index (χ0) is 29.4. The van der Waals surface area contributed by atoms with Gasteiger partial charge >= 0.3 is 6.09 Å². The number of fused-ring (bicyclic) bond motifs is 5. The van der Waals surface area contributed by atoms with Crippen LogP contribution in [0.1, 0.15) is 39.2 Å². The first-order valence-electron chi connectivity index (χ1n) is 13.3. The predicted molar refractivity (Wildman–Crippen MR) is 150 cm³/mol. The average molecular weight is 579 g/mol. The Morgan fingerprint density at radius 2 is 1.93 bits per heavy atom. The lowest BCUT2D eigenvalue weighted by Gasteiger charge is -2.42. The van der Waals surface area contributed by atoms with E-state index < -0.39 is 35.7 Å². The number of anilines is 1. The number of rotatable bonds is 3. The molecule has 11 heteroatoms. The number of benzene rings is 1. The maximum Gasteiger partial charge on any atom is 0.409 e. The summed E-state index contributed by atoms with van der Waals surface area (Å²) in [6.45, 7) is 5.73. The van der Waals surface area contributed by atoms with E-state index in [4.69, 9.17) is 35.3 Å². The Hall–Kier alpha value is -2.63. The number of allylic oxidation sites excluding steroid dienone is 3. The van der Waals surface area contributed by atoms with Crippen LogP contribution in [-0.2, 0) is 30.2 Å². The summed E-state index contributed by atoms with van der Waals surface area (Å²) in [5.41, 5.74) is -0.0990. The number of ether oxygens (including phenoxy) is 5. The Balaban J connectivity index is 1.76. The van der Waals surface area contributed by atoms with E-state index in [9.17, 15) is 14.7 Å². The summed E-state index contributed by atoms with van der Waals surface area (Å²) in [5, 5.41) is 14.4. The van der Waals surface area contributed by atoms with Crippen LogP contribution < -0.4 is 15.0 Å². The van der Waals surface area contributed by atoms with E-state index in [-0.39, 0.29) is 30.8 Å². The van der Waals surface area contributed by atoms with E-state index in [2.05, 4.69) is 5.32 Å². The molecule has 40 heavy (non-hydrogen) atoms. The van der Waals surface area contributed by atoms with Gasteiger partial charge in [0.1, 0.15) is 28.6 Å². The fraction of sp³-hybridized carbons (Fsp3) is 0.586. The number of amides is 2. The van der Waals surface area contributed by atoms with Crippen molar-refractivity contribution in [2.24, 2.45) is 5.92 Å². The van der Waals surface area contributed by atoms with Gasteiger partial charge in [0.2, 0.25) is 5.91 Å². The molecule has 2 saturated heterocycles. The van der Waals surface area contributed by atoms with Crippen LogP contribution in [0.2, 0.25) is 5.02 Å². The first-order valence-corrected chi connectivity index (χ1v) is 13.7. The van der Waals surface area contributed by atoms with Gasteiger partial charge in [-0.05, 0) is 38.0 Å². The fourth-order valence-electron chi connectivity index (χ4n) is 5.76. The number of aliphatic hydroxyl groups is 1. The highest BCUT2D eigenvalue weighted by atomic mass is 35.5. The third kappa shape index (κ3) is 5.87. The van der Waals surface area contributed by atoms with Gasteiger partial charge in [-0.2, -0.15) is 0 Å². The smallest absolute Gasteiger partial charge is 0.409 e. The van der Waals surface area contributed by atoms with Gasteiger partial charge < -0.3 is 33.7 Å². The molecule has 10 nitrogen and oxygen atoms in total. The van der Waals surface area contributed by atoms with Gasteiger partial charge in [-0.25, -0.2) is 4.79 Å². The first-order chi connectivity index (χ1) is 18.9. The van der Waals surface area contributed by atoms with Gasteiger partial charge in [-0.15, -0.1) is 0 Å². The standard InChI is InChI=1S/C29H39ClN2O8/c1-16-9-8-10-22(37-6)29(35)15-21(39-27(34)31-29)17(2)26-28(3,40-26)23(38-7)14-24(33)32(4)19-12-18(11-16)13-20(36-5)25(19)30/h8-10,12-13,17,21-23,26,35H,11,14-15H2,1-7H3,(H,31,34)/b10-8+,16-9+/t17-,21+,22-,23+,26+,28+,29+/m1/s1. The number of carbonyl (C=O) groups excluding carboxylic acids is 2. The number of hydrogen-bond donors (Lipinski definition) is 2. The maximum absolute atomic E-state index is 13.5. The van der Waals surface area contributed by atoms with Crippen LogP contribution in [0.4, 0.5) is 10.5 Å². The molecule has 0 saturated carbocycles. The molecule has 4 rings (SSSR count). The van der Waals surface area contributed by atoms with Crippen molar-refractivity contribution in [3.8, 4) is 5.75 Å². The molecule has 1 aromatic rings. The lowest BCUT2D eigenvalue weighted by atomic mass is 9.83. The first kappa shape index (κ1) is 30.3. The SMILES string of the molecule is COc1cc2cc(c1Cl)N(C)C(=O)C[C@H](OC)[C@]1(C)O[C@H]1[C@H](C)[C@@H]1C[C@@](O)(NC(=O)O1)[C@H](OC)/C=C/C=C(\C)C2. The molecule has 220 valence electrons. The summed E-state index contributed by atoms with van der Waals surface area (Å²) in [7, 11) is 6.21. The second-order valence-electron chi connectivity index (χ2n) is 11.0. The normalized spacial score (nSPS) is 37.0. The molecule has 3 aliphatic heterocycles. The molecule has 2 amide bonds. The summed E-state index contributed by atoms with van der Waals surface area (Å²) in [4.78, 5) is 27.6. The number of nitrogens with zero attached hydrogens (tertiary/aromatic N) is 1. The van der Waals surface area contributed by atoms with E-state index in [0.717, 1.165) is 11.1 Å². The molecular formula is C29H39ClN2O8. The Labute approximate surface area is 240 Å². The van der Waals surface area contributed by atoms with E-state index in [0.29, 0.717) is 22.9 Å². The summed E-state index contributed by atoms with van der Waals surface area (Å²) in [6.07, 6.45) is 2.81.